The van der Waals surface area contributed by atoms with Crippen molar-refractivity contribution in [3.8, 4) is 0 Å². The normalized spacial score (nSPS) is 21.8. The van der Waals surface area contributed by atoms with Crippen molar-refractivity contribution in [3.63, 3.8) is 0 Å². The van der Waals surface area contributed by atoms with Crippen molar-refractivity contribution in [3.05, 3.63) is 75.8 Å². The van der Waals surface area contributed by atoms with Crippen LogP contribution in [0.15, 0.2) is 54.6 Å². The van der Waals surface area contributed by atoms with E-state index in [1.54, 1.807) is 12.1 Å². The fourth-order valence-corrected chi connectivity index (χ4v) is 2.33. The van der Waals surface area contributed by atoms with Gasteiger partial charge in [-0.25, -0.2) is 0 Å². The van der Waals surface area contributed by atoms with Crippen LogP contribution in [-0.2, 0) is 9.47 Å². The Bertz CT molecular complexity index is 597. The molecule has 2 aromatic carbocycles. The Hall–Kier alpha value is -2.24. The Morgan fingerprint density at radius 3 is 2.00 bits per heavy atom. The minimum absolute atomic E-state index is 0.0731. The summed E-state index contributed by atoms with van der Waals surface area (Å²) in [6.45, 7) is 0.223. The van der Waals surface area contributed by atoms with E-state index in [4.69, 9.17) is 9.47 Å². The molecule has 0 amide bonds. The average molecular weight is 271 g/mol. The highest BCUT2D eigenvalue weighted by Gasteiger charge is 2.32. The number of nitro groups is 1. The van der Waals surface area contributed by atoms with E-state index in [0.29, 0.717) is 0 Å². The Morgan fingerprint density at radius 1 is 0.900 bits per heavy atom. The summed E-state index contributed by atoms with van der Waals surface area (Å²) in [6, 6.07) is 16.2. The molecule has 0 saturated carbocycles. The van der Waals surface area contributed by atoms with E-state index < -0.39 is 4.92 Å². The van der Waals surface area contributed by atoms with Crippen LogP contribution in [0.4, 0.5) is 5.69 Å². The lowest BCUT2D eigenvalue weighted by Crippen LogP contribution is -2.07. The van der Waals surface area contributed by atoms with Crippen LogP contribution in [0.2, 0.25) is 0 Å². The van der Waals surface area contributed by atoms with E-state index in [-0.39, 0.29) is 24.7 Å². The van der Waals surface area contributed by atoms with E-state index in [9.17, 15) is 10.1 Å². The predicted molar refractivity (Wildman–Crippen MR) is 72.1 cm³/mol. The summed E-state index contributed by atoms with van der Waals surface area (Å²) in [7, 11) is 0. The first-order valence-electron chi connectivity index (χ1n) is 6.28. The summed E-state index contributed by atoms with van der Waals surface area (Å²) in [6.07, 6.45) is -0.420. The summed E-state index contributed by atoms with van der Waals surface area (Å²) in [5.41, 5.74) is 1.99. The minimum atomic E-state index is -0.412. The number of non-ortho nitro benzene ring substituents is 1. The van der Waals surface area contributed by atoms with Crippen LogP contribution in [0.5, 0.6) is 0 Å². The third-order valence-electron chi connectivity index (χ3n) is 3.33. The molecule has 1 heterocycles. The van der Waals surface area contributed by atoms with Gasteiger partial charge in [0.1, 0.15) is 19.0 Å². The van der Waals surface area contributed by atoms with E-state index >= 15 is 0 Å². The topological polar surface area (TPSA) is 61.6 Å². The maximum absolute atomic E-state index is 10.7. The molecule has 0 aliphatic carbocycles. The highest BCUT2D eigenvalue weighted by molar-refractivity contribution is 5.35. The lowest BCUT2D eigenvalue weighted by atomic mass is 9.98. The molecule has 20 heavy (non-hydrogen) atoms. The van der Waals surface area contributed by atoms with Crippen LogP contribution in [0.1, 0.15) is 23.3 Å². The van der Waals surface area contributed by atoms with Gasteiger partial charge in [0.05, 0.1) is 4.92 Å². The second-order valence-electron chi connectivity index (χ2n) is 4.55. The van der Waals surface area contributed by atoms with Crippen molar-refractivity contribution in [1.29, 1.82) is 0 Å². The first-order chi connectivity index (χ1) is 9.75. The number of nitrogens with zero attached hydrogens (tertiary/aromatic N) is 1. The maximum atomic E-state index is 10.7. The molecule has 5 heteroatoms. The molecule has 1 aliphatic heterocycles. The monoisotopic (exact) mass is 271 g/mol. The zero-order chi connectivity index (χ0) is 13.9. The van der Waals surface area contributed by atoms with Gasteiger partial charge in [0.2, 0.25) is 0 Å². The van der Waals surface area contributed by atoms with Gasteiger partial charge in [-0.15, -0.1) is 0 Å². The summed E-state index contributed by atoms with van der Waals surface area (Å²) < 4.78 is 11.2. The Labute approximate surface area is 115 Å². The second-order valence-corrected chi connectivity index (χ2v) is 4.55. The molecule has 0 N–H and O–H groups in total. The Morgan fingerprint density at radius 2 is 1.45 bits per heavy atom. The molecular weight excluding hydrogens is 258 g/mol. The third-order valence-corrected chi connectivity index (χ3v) is 3.33. The summed E-state index contributed by atoms with van der Waals surface area (Å²) >= 11 is 0. The summed E-state index contributed by atoms with van der Waals surface area (Å²) in [5.74, 6) is 0. The van der Waals surface area contributed by atoms with Crippen LogP contribution in [0.3, 0.4) is 0 Å². The first kappa shape index (κ1) is 12.8. The number of hydrogen-bond acceptors (Lipinski definition) is 4. The molecule has 0 radical (unpaired) electrons. The molecule has 2 atom stereocenters. The van der Waals surface area contributed by atoms with Crippen molar-refractivity contribution in [2.75, 3.05) is 6.79 Å². The van der Waals surface area contributed by atoms with Gasteiger partial charge in [0.15, 0.2) is 0 Å². The minimum Gasteiger partial charge on any atom is -0.344 e. The van der Waals surface area contributed by atoms with Gasteiger partial charge in [0, 0.05) is 12.1 Å². The zero-order valence-corrected chi connectivity index (χ0v) is 10.6. The average Bonchev–Trinajstić information content (AvgIpc) is 2.97. The maximum Gasteiger partial charge on any atom is 0.269 e. The zero-order valence-electron chi connectivity index (χ0n) is 10.6. The van der Waals surface area contributed by atoms with Gasteiger partial charge in [-0.2, -0.15) is 0 Å². The standard InChI is InChI=1S/C15H13NO4/c17-16(18)13-8-6-12(7-9-13)15-14(19-10-20-15)11-4-2-1-3-5-11/h1-9,14-15H,10H2/t14-,15+/m0/s1. The van der Waals surface area contributed by atoms with E-state index in [0.717, 1.165) is 11.1 Å². The van der Waals surface area contributed by atoms with Crippen LogP contribution in [0, 0.1) is 10.1 Å². The molecule has 0 spiro atoms. The molecule has 102 valence electrons. The molecule has 5 nitrogen and oxygen atoms in total. The number of nitro benzene ring substituents is 1. The van der Waals surface area contributed by atoms with Crippen LogP contribution in [0.25, 0.3) is 0 Å². The fraction of sp³-hybridized carbons (Fsp3) is 0.200. The van der Waals surface area contributed by atoms with Gasteiger partial charge in [-0.1, -0.05) is 30.3 Å². The van der Waals surface area contributed by atoms with Gasteiger partial charge < -0.3 is 9.47 Å². The highest BCUT2D eigenvalue weighted by Crippen LogP contribution is 2.39. The van der Waals surface area contributed by atoms with Crippen molar-refractivity contribution in [2.24, 2.45) is 0 Å². The molecule has 0 aromatic heterocycles. The van der Waals surface area contributed by atoms with Crippen LogP contribution in [-0.4, -0.2) is 11.7 Å². The van der Waals surface area contributed by atoms with Crippen molar-refractivity contribution < 1.29 is 14.4 Å². The number of benzene rings is 2. The van der Waals surface area contributed by atoms with E-state index in [1.165, 1.54) is 12.1 Å². The summed E-state index contributed by atoms with van der Waals surface area (Å²) in [5, 5.41) is 10.7. The number of hydrogen-bond donors (Lipinski definition) is 0. The molecule has 0 bridgehead atoms. The first-order valence-corrected chi connectivity index (χ1v) is 6.28. The molecule has 0 unspecified atom stereocenters. The summed E-state index contributed by atoms with van der Waals surface area (Å²) in [4.78, 5) is 10.3. The number of rotatable bonds is 3. The van der Waals surface area contributed by atoms with Crippen molar-refractivity contribution in [1.82, 2.24) is 0 Å². The number of ether oxygens (including phenoxy) is 2. The second kappa shape index (κ2) is 5.40. The van der Waals surface area contributed by atoms with Gasteiger partial charge in [0.25, 0.3) is 5.69 Å². The highest BCUT2D eigenvalue weighted by atomic mass is 16.7. The van der Waals surface area contributed by atoms with Crippen LogP contribution >= 0.6 is 0 Å². The van der Waals surface area contributed by atoms with E-state index in [1.807, 2.05) is 30.3 Å². The third kappa shape index (κ3) is 2.41. The smallest absolute Gasteiger partial charge is 0.269 e. The molecule has 1 fully saturated rings. The van der Waals surface area contributed by atoms with Gasteiger partial charge in [-0.05, 0) is 23.3 Å². The SMILES string of the molecule is O=[N+]([O-])c1ccc([C@H]2OCO[C@H]2c2ccccc2)cc1. The molecular formula is C15H13NO4. The molecule has 1 aliphatic rings. The fourth-order valence-electron chi connectivity index (χ4n) is 2.33. The van der Waals surface area contributed by atoms with Crippen LogP contribution < -0.4 is 0 Å². The quantitative estimate of drug-likeness (QED) is 0.634. The molecule has 3 rings (SSSR count). The lowest BCUT2D eigenvalue weighted by Gasteiger charge is -2.17. The Balaban J connectivity index is 1.87. The predicted octanol–water partition coefficient (Wildman–Crippen LogP) is 3.38. The van der Waals surface area contributed by atoms with Gasteiger partial charge >= 0.3 is 0 Å². The van der Waals surface area contributed by atoms with Crippen molar-refractivity contribution in [2.45, 2.75) is 12.2 Å². The van der Waals surface area contributed by atoms with E-state index in [2.05, 4.69) is 0 Å². The Kier molecular flexibility index (Phi) is 3.45. The van der Waals surface area contributed by atoms with Crippen molar-refractivity contribution >= 4 is 5.69 Å². The lowest BCUT2D eigenvalue weighted by molar-refractivity contribution is -0.384. The van der Waals surface area contributed by atoms with Gasteiger partial charge in [-0.3, -0.25) is 10.1 Å². The molecule has 2 aromatic rings. The molecule has 1 saturated heterocycles. The largest absolute Gasteiger partial charge is 0.344 e.